The Bertz CT molecular complexity index is 237. The highest BCUT2D eigenvalue weighted by Crippen LogP contribution is 2.17. The highest BCUT2D eigenvalue weighted by Gasteiger charge is 2.03. The molecular weight excluding hydrogens is 160 g/mol. The second-order valence-corrected chi connectivity index (χ2v) is 2.96. The molecule has 0 amide bonds. The highest BCUT2D eigenvalue weighted by molar-refractivity contribution is 6.29. The Morgan fingerprint density at radius 3 is 2.82 bits per heavy atom. The zero-order valence-corrected chi connectivity index (χ0v) is 7.47. The van der Waals surface area contributed by atoms with E-state index in [1.807, 2.05) is 6.07 Å². The van der Waals surface area contributed by atoms with Gasteiger partial charge < -0.3 is 0 Å². The van der Waals surface area contributed by atoms with Crippen LogP contribution in [0.5, 0.6) is 0 Å². The molecular formula is C8H11ClN2. The lowest BCUT2D eigenvalue weighted by Crippen LogP contribution is -1.95. The first kappa shape index (κ1) is 8.47. The summed E-state index contributed by atoms with van der Waals surface area (Å²) in [5.74, 6) is 0.468. The summed E-state index contributed by atoms with van der Waals surface area (Å²) in [5, 5.41) is 0.523. The monoisotopic (exact) mass is 170 g/mol. The van der Waals surface area contributed by atoms with Crippen molar-refractivity contribution in [3.05, 3.63) is 23.2 Å². The van der Waals surface area contributed by atoms with Crippen molar-refractivity contribution in [2.24, 2.45) is 0 Å². The molecule has 60 valence electrons. The van der Waals surface area contributed by atoms with E-state index < -0.39 is 0 Å². The molecule has 2 nitrogen and oxygen atoms in total. The smallest absolute Gasteiger partial charge is 0.132 e. The Morgan fingerprint density at radius 1 is 1.55 bits per heavy atom. The van der Waals surface area contributed by atoms with Crippen molar-refractivity contribution in [3.8, 4) is 0 Å². The number of halogens is 1. The first-order valence-electron chi connectivity index (χ1n) is 3.71. The fourth-order valence-electron chi connectivity index (χ4n) is 0.826. The van der Waals surface area contributed by atoms with Gasteiger partial charge in [0.1, 0.15) is 11.5 Å². The molecule has 1 aromatic heterocycles. The maximum Gasteiger partial charge on any atom is 0.132 e. The summed E-state index contributed by atoms with van der Waals surface area (Å²) in [4.78, 5) is 7.93. The van der Waals surface area contributed by atoms with E-state index >= 15 is 0 Å². The first-order chi connectivity index (χ1) is 5.24. The number of aromatic nitrogens is 2. The molecule has 1 aromatic rings. The summed E-state index contributed by atoms with van der Waals surface area (Å²) in [6, 6.07) is 1.82. The molecule has 1 atom stereocenters. The van der Waals surface area contributed by atoms with Crippen LogP contribution in [0.3, 0.4) is 0 Å². The zero-order chi connectivity index (χ0) is 8.27. The molecule has 0 aliphatic carbocycles. The van der Waals surface area contributed by atoms with E-state index in [1.165, 1.54) is 6.33 Å². The van der Waals surface area contributed by atoms with E-state index in [-0.39, 0.29) is 0 Å². The molecule has 0 N–H and O–H groups in total. The SMILES string of the molecule is CCC(C)c1cc(Cl)ncn1. The minimum absolute atomic E-state index is 0.468. The van der Waals surface area contributed by atoms with Gasteiger partial charge >= 0.3 is 0 Å². The van der Waals surface area contributed by atoms with Crippen LogP contribution in [-0.4, -0.2) is 9.97 Å². The topological polar surface area (TPSA) is 25.8 Å². The average molecular weight is 171 g/mol. The third-order valence-electron chi connectivity index (χ3n) is 1.77. The minimum Gasteiger partial charge on any atom is -0.241 e. The molecule has 0 bridgehead atoms. The molecule has 1 rings (SSSR count). The molecule has 0 spiro atoms. The number of nitrogens with zero attached hydrogens (tertiary/aromatic N) is 2. The van der Waals surface area contributed by atoms with Gasteiger partial charge in [-0.05, 0) is 18.4 Å². The summed E-state index contributed by atoms with van der Waals surface area (Å²) in [7, 11) is 0. The van der Waals surface area contributed by atoms with Gasteiger partial charge in [-0.2, -0.15) is 0 Å². The van der Waals surface area contributed by atoms with Crippen LogP contribution < -0.4 is 0 Å². The molecule has 0 fully saturated rings. The van der Waals surface area contributed by atoms with Gasteiger partial charge in [-0.3, -0.25) is 0 Å². The lowest BCUT2D eigenvalue weighted by Gasteiger charge is -2.05. The Kier molecular flexibility index (Phi) is 2.83. The van der Waals surface area contributed by atoms with Gasteiger partial charge in [-0.25, -0.2) is 9.97 Å². The first-order valence-corrected chi connectivity index (χ1v) is 4.09. The predicted octanol–water partition coefficient (Wildman–Crippen LogP) is 2.64. The summed E-state index contributed by atoms with van der Waals surface area (Å²) in [6.45, 7) is 4.25. The predicted molar refractivity (Wildman–Crippen MR) is 45.7 cm³/mol. The summed E-state index contributed by atoms with van der Waals surface area (Å²) in [6.07, 6.45) is 2.58. The fraction of sp³-hybridized carbons (Fsp3) is 0.500. The van der Waals surface area contributed by atoms with Crippen LogP contribution in [0, 0.1) is 0 Å². The molecule has 3 heteroatoms. The second kappa shape index (κ2) is 3.67. The third kappa shape index (κ3) is 2.15. The van der Waals surface area contributed by atoms with E-state index in [0.29, 0.717) is 11.1 Å². The number of rotatable bonds is 2. The maximum atomic E-state index is 5.69. The largest absolute Gasteiger partial charge is 0.241 e. The Balaban J connectivity index is 2.86. The molecule has 0 saturated heterocycles. The third-order valence-corrected chi connectivity index (χ3v) is 1.98. The van der Waals surface area contributed by atoms with Gasteiger partial charge in [-0.15, -0.1) is 0 Å². The van der Waals surface area contributed by atoms with Crippen LogP contribution in [0.2, 0.25) is 5.15 Å². The molecule has 11 heavy (non-hydrogen) atoms. The lowest BCUT2D eigenvalue weighted by molar-refractivity contribution is 0.704. The molecule has 0 aliphatic heterocycles. The number of hydrogen-bond donors (Lipinski definition) is 0. The van der Waals surface area contributed by atoms with Crippen LogP contribution in [0.1, 0.15) is 31.9 Å². The fourth-order valence-corrected chi connectivity index (χ4v) is 0.981. The Hall–Kier alpha value is -0.630. The van der Waals surface area contributed by atoms with Crippen LogP contribution in [0.15, 0.2) is 12.4 Å². The maximum absolute atomic E-state index is 5.69. The van der Waals surface area contributed by atoms with E-state index in [2.05, 4.69) is 23.8 Å². The summed E-state index contributed by atoms with van der Waals surface area (Å²) in [5.41, 5.74) is 1.02. The van der Waals surface area contributed by atoms with E-state index in [9.17, 15) is 0 Å². The minimum atomic E-state index is 0.468. The van der Waals surface area contributed by atoms with E-state index in [1.54, 1.807) is 0 Å². The van der Waals surface area contributed by atoms with Crippen molar-refractivity contribution in [2.45, 2.75) is 26.2 Å². The van der Waals surface area contributed by atoms with Crippen molar-refractivity contribution < 1.29 is 0 Å². The molecule has 0 aromatic carbocycles. The van der Waals surface area contributed by atoms with Crippen molar-refractivity contribution in [3.63, 3.8) is 0 Å². The van der Waals surface area contributed by atoms with Crippen LogP contribution >= 0.6 is 11.6 Å². The standard InChI is InChI=1S/C8H11ClN2/c1-3-6(2)7-4-8(9)11-5-10-7/h4-6H,3H2,1-2H3. The highest BCUT2D eigenvalue weighted by atomic mass is 35.5. The average Bonchev–Trinajstić information content (AvgIpc) is 2.03. The Labute approximate surface area is 71.6 Å². The van der Waals surface area contributed by atoms with Gasteiger partial charge in [-0.1, -0.05) is 25.4 Å². The molecule has 1 unspecified atom stereocenters. The van der Waals surface area contributed by atoms with Gasteiger partial charge in [0.25, 0.3) is 0 Å². The zero-order valence-electron chi connectivity index (χ0n) is 6.71. The molecule has 0 saturated carbocycles. The van der Waals surface area contributed by atoms with Crippen molar-refractivity contribution in [1.29, 1.82) is 0 Å². The summed E-state index contributed by atoms with van der Waals surface area (Å²) < 4.78 is 0. The molecule has 1 heterocycles. The van der Waals surface area contributed by atoms with Gasteiger partial charge in [0, 0.05) is 5.69 Å². The number of hydrogen-bond acceptors (Lipinski definition) is 2. The van der Waals surface area contributed by atoms with Gasteiger partial charge in [0.2, 0.25) is 0 Å². The van der Waals surface area contributed by atoms with Crippen LogP contribution in [0.25, 0.3) is 0 Å². The lowest BCUT2D eigenvalue weighted by atomic mass is 10.1. The van der Waals surface area contributed by atoms with E-state index in [0.717, 1.165) is 12.1 Å². The van der Waals surface area contributed by atoms with Crippen molar-refractivity contribution in [1.82, 2.24) is 9.97 Å². The van der Waals surface area contributed by atoms with Crippen molar-refractivity contribution >= 4 is 11.6 Å². The second-order valence-electron chi connectivity index (χ2n) is 2.57. The van der Waals surface area contributed by atoms with Crippen molar-refractivity contribution in [2.75, 3.05) is 0 Å². The molecule has 0 radical (unpaired) electrons. The quantitative estimate of drug-likeness (QED) is 0.638. The Morgan fingerprint density at radius 2 is 2.27 bits per heavy atom. The van der Waals surface area contributed by atoms with E-state index in [4.69, 9.17) is 11.6 Å². The summed E-state index contributed by atoms with van der Waals surface area (Å²) >= 11 is 5.69. The normalized spacial score (nSPS) is 13.0. The van der Waals surface area contributed by atoms with Crippen LogP contribution in [-0.2, 0) is 0 Å². The van der Waals surface area contributed by atoms with Gasteiger partial charge in [0.05, 0.1) is 0 Å². The van der Waals surface area contributed by atoms with Crippen LogP contribution in [0.4, 0.5) is 0 Å². The molecule has 0 aliphatic rings. The van der Waals surface area contributed by atoms with Gasteiger partial charge in [0.15, 0.2) is 0 Å².